The summed E-state index contributed by atoms with van der Waals surface area (Å²) in [5, 5.41) is 3.45. The summed E-state index contributed by atoms with van der Waals surface area (Å²) in [6.07, 6.45) is 5.35. The second-order valence-electron chi connectivity index (χ2n) is 7.31. The molecule has 1 fully saturated rings. The Labute approximate surface area is 116 Å². The zero-order chi connectivity index (χ0) is 13.6. The quantitative estimate of drug-likeness (QED) is 0.886. The van der Waals surface area contributed by atoms with Crippen LogP contribution in [0, 0.1) is 5.92 Å². The van der Waals surface area contributed by atoms with Crippen molar-refractivity contribution in [2.24, 2.45) is 5.92 Å². The van der Waals surface area contributed by atoms with Crippen molar-refractivity contribution in [2.45, 2.75) is 71.4 Å². The highest BCUT2D eigenvalue weighted by Crippen LogP contribution is 2.39. The Bertz CT molecular complexity index is 463. The third-order valence-electron chi connectivity index (χ3n) is 4.83. The van der Waals surface area contributed by atoms with Crippen LogP contribution in [0.3, 0.4) is 0 Å². The highest BCUT2D eigenvalue weighted by molar-refractivity contribution is 5.24. The fourth-order valence-corrected chi connectivity index (χ4v) is 3.43. The van der Waals surface area contributed by atoms with Crippen molar-refractivity contribution in [1.82, 2.24) is 14.9 Å². The number of hydrogen-bond acceptors (Lipinski definition) is 2. The molecule has 3 rings (SSSR count). The smallest absolute Gasteiger partial charge is 0.114 e. The third kappa shape index (κ3) is 2.22. The Kier molecular flexibility index (Phi) is 3.20. The summed E-state index contributed by atoms with van der Waals surface area (Å²) in [5.74, 6) is 2.16. The molecule has 0 bridgehead atoms. The molecule has 2 aliphatic rings. The average Bonchev–Trinajstić information content (AvgIpc) is 2.65. The zero-order valence-corrected chi connectivity index (χ0v) is 12.8. The van der Waals surface area contributed by atoms with Crippen molar-refractivity contribution < 1.29 is 0 Å². The number of hydrogen-bond donors (Lipinski definition) is 1. The normalized spacial score (nSPS) is 21.9. The fourth-order valence-electron chi connectivity index (χ4n) is 3.43. The number of fused-ring (bicyclic) bond motifs is 1. The molecule has 2 heterocycles. The van der Waals surface area contributed by atoms with Gasteiger partial charge in [0.15, 0.2) is 0 Å². The van der Waals surface area contributed by atoms with Crippen LogP contribution in [0.2, 0.25) is 0 Å². The Hall–Kier alpha value is -0.830. The molecule has 1 aromatic heterocycles. The van der Waals surface area contributed by atoms with Crippen LogP contribution in [0.1, 0.15) is 70.2 Å². The van der Waals surface area contributed by atoms with Gasteiger partial charge < -0.3 is 9.88 Å². The van der Waals surface area contributed by atoms with E-state index < -0.39 is 0 Å². The molecule has 0 aromatic carbocycles. The van der Waals surface area contributed by atoms with Crippen LogP contribution >= 0.6 is 0 Å². The number of aromatic nitrogens is 2. The van der Waals surface area contributed by atoms with Gasteiger partial charge in [-0.05, 0) is 25.7 Å². The van der Waals surface area contributed by atoms with E-state index in [0.717, 1.165) is 25.4 Å². The Morgan fingerprint density at radius 3 is 2.63 bits per heavy atom. The average molecular weight is 261 g/mol. The second-order valence-corrected chi connectivity index (χ2v) is 7.31. The van der Waals surface area contributed by atoms with Crippen molar-refractivity contribution in [3.8, 4) is 0 Å². The first-order chi connectivity index (χ1) is 8.98. The maximum absolute atomic E-state index is 4.98. The molecule has 106 valence electrons. The van der Waals surface area contributed by atoms with Crippen LogP contribution in [0.15, 0.2) is 0 Å². The monoisotopic (exact) mass is 261 g/mol. The summed E-state index contributed by atoms with van der Waals surface area (Å²) < 4.78 is 2.60. The maximum atomic E-state index is 4.98. The van der Waals surface area contributed by atoms with Crippen molar-refractivity contribution in [2.75, 3.05) is 6.54 Å². The standard InChI is InChI=1S/C16H27N3/c1-11(12-6-5-7-12)19-14-8-9-17-10-13(14)18-15(19)16(2,3)4/h11-12,17H,5-10H2,1-4H3. The largest absolute Gasteiger partial charge is 0.328 e. The Morgan fingerprint density at radius 1 is 1.32 bits per heavy atom. The molecule has 0 radical (unpaired) electrons. The fraction of sp³-hybridized carbons (Fsp3) is 0.812. The van der Waals surface area contributed by atoms with Gasteiger partial charge in [-0.3, -0.25) is 0 Å². The predicted molar refractivity (Wildman–Crippen MR) is 78.4 cm³/mol. The topological polar surface area (TPSA) is 29.9 Å². The molecule has 0 amide bonds. The molecule has 3 nitrogen and oxygen atoms in total. The summed E-state index contributed by atoms with van der Waals surface area (Å²) >= 11 is 0. The highest BCUT2D eigenvalue weighted by atomic mass is 15.2. The van der Waals surface area contributed by atoms with Crippen molar-refractivity contribution >= 4 is 0 Å². The van der Waals surface area contributed by atoms with Crippen LogP contribution in [-0.2, 0) is 18.4 Å². The van der Waals surface area contributed by atoms with Gasteiger partial charge in [-0.15, -0.1) is 0 Å². The summed E-state index contributed by atoms with van der Waals surface area (Å²) in [6, 6.07) is 0.623. The molecule has 19 heavy (non-hydrogen) atoms. The molecule has 1 unspecified atom stereocenters. The SMILES string of the molecule is CC(C1CCC1)n1c(C(C)(C)C)nc2c1CCNC2. The van der Waals surface area contributed by atoms with Gasteiger partial charge in [-0.25, -0.2) is 4.98 Å². The van der Waals surface area contributed by atoms with E-state index in [-0.39, 0.29) is 5.41 Å². The summed E-state index contributed by atoms with van der Waals surface area (Å²) in [5.41, 5.74) is 2.93. The molecule has 1 atom stereocenters. The lowest BCUT2D eigenvalue weighted by Gasteiger charge is -2.36. The number of imidazole rings is 1. The van der Waals surface area contributed by atoms with Gasteiger partial charge >= 0.3 is 0 Å². The van der Waals surface area contributed by atoms with Crippen LogP contribution in [-0.4, -0.2) is 16.1 Å². The van der Waals surface area contributed by atoms with Gasteiger partial charge in [0.1, 0.15) is 5.82 Å². The minimum Gasteiger partial charge on any atom is -0.328 e. The molecule has 0 saturated heterocycles. The molecule has 0 spiro atoms. The van der Waals surface area contributed by atoms with Crippen molar-refractivity contribution in [3.63, 3.8) is 0 Å². The number of nitrogens with one attached hydrogen (secondary N) is 1. The first kappa shape index (κ1) is 13.2. The lowest BCUT2D eigenvalue weighted by atomic mass is 9.79. The van der Waals surface area contributed by atoms with Gasteiger partial charge in [0.2, 0.25) is 0 Å². The first-order valence-electron chi connectivity index (χ1n) is 7.79. The van der Waals surface area contributed by atoms with E-state index in [1.807, 2.05) is 0 Å². The predicted octanol–water partition coefficient (Wildman–Crippen LogP) is 3.19. The first-order valence-corrected chi connectivity index (χ1v) is 7.79. The van der Waals surface area contributed by atoms with E-state index in [4.69, 9.17) is 4.98 Å². The summed E-state index contributed by atoms with van der Waals surface area (Å²) in [4.78, 5) is 4.98. The van der Waals surface area contributed by atoms with Crippen molar-refractivity contribution in [1.29, 1.82) is 0 Å². The van der Waals surface area contributed by atoms with Crippen LogP contribution in [0.25, 0.3) is 0 Å². The third-order valence-corrected chi connectivity index (χ3v) is 4.83. The van der Waals surface area contributed by atoms with Crippen LogP contribution in [0.4, 0.5) is 0 Å². The number of nitrogens with zero attached hydrogens (tertiary/aromatic N) is 2. The summed E-state index contributed by atoms with van der Waals surface area (Å²) in [7, 11) is 0. The molecular formula is C16H27N3. The van der Waals surface area contributed by atoms with Crippen LogP contribution in [0.5, 0.6) is 0 Å². The van der Waals surface area contributed by atoms with Crippen molar-refractivity contribution in [3.05, 3.63) is 17.2 Å². The Balaban J connectivity index is 2.05. The van der Waals surface area contributed by atoms with Gasteiger partial charge in [-0.1, -0.05) is 27.2 Å². The van der Waals surface area contributed by atoms with Gasteiger partial charge in [0.25, 0.3) is 0 Å². The number of rotatable bonds is 2. The van der Waals surface area contributed by atoms with E-state index in [9.17, 15) is 0 Å². The lowest BCUT2D eigenvalue weighted by Crippen LogP contribution is -2.31. The minimum atomic E-state index is 0.134. The van der Waals surface area contributed by atoms with E-state index in [2.05, 4.69) is 37.6 Å². The van der Waals surface area contributed by atoms with E-state index in [1.165, 1.54) is 36.5 Å². The second kappa shape index (κ2) is 4.62. The molecule has 1 aliphatic heterocycles. The lowest BCUT2D eigenvalue weighted by molar-refractivity contribution is 0.211. The molecule has 3 heteroatoms. The molecule has 1 aromatic rings. The van der Waals surface area contributed by atoms with E-state index in [1.54, 1.807) is 0 Å². The van der Waals surface area contributed by atoms with Crippen LogP contribution < -0.4 is 5.32 Å². The molecule has 1 aliphatic carbocycles. The molecular weight excluding hydrogens is 234 g/mol. The Morgan fingerprint density at radius 2 is 2.05 bits per heavy atom. The van der Waals surface area contributed by atoms with E-state index >= 15 is 0 Å². The summed E-state index contributed by atoms with van der Waals surface area (Å²) in [6.45, 7) is 11.3. The molecule has 1 N–H and O–H groups in total. The highest BCUT2D eigenvalue weighted by Gasteiger charge is 2.33. The van der Waals surface area contributed by atoms with Gasteiger partial charge in [-0.2, -0.15) is 0 Å². The zero-order valence-electron chi connectivity index (χ0n) is 12.8. The minimum absolute atomic E-state index is 0.134. The van der Waals surface area contributed by atoms with Gasteiger partial charge in [0, 0.05) is 36.7 Å². The van der Waals surface area contributed by atoms with E-state index in [0.29, 0.717) is 6.04 Å². The van der Waals surface area contributed by atoms with Gasteiger partial charge in [0.05, 0.1) is 5.69 Å². The maximum Gasteiger partial charge on any atom is 0.114 e. The molecule has 1 saturated carbocycles.